The number of hydrogen-bond acceptors (Lipinski definition) is 10. The van der Waals surface area contributed by atoms with Crippen LogP contribution in [0.4, 0.5) is 0 Å². The van der Waals surface area contributed by atoms with E-state index in [2.05, 4.69) is 93.7 Å². The minimum Gasteiger partial charge on any atom is -0.462 e. The van der Waals surface area contributed by atoms with E-state index in [1.54, 1.807) is 0 Å². The van der Waals surface area contributed by atoms with Gasteiger partial charge in [0.2, 0.25) is 0 Å². The third-order valence-corrected chi connectivity index (χ3v) is 12.0. The molecule has 0 heterocycles. The Balaban J connectivity index is 4.79. The molecule has 3 atom stereocenters. The van der Waals surface area contributed by atoms with E-state index in [-0.39, 0.29) is 25.9 Å². The summed E-state index contributed by atoms with van der Waals surface area (Å²) in [4.78, 5) is 48.3. The smallest absolute Gasteiger partial charge is 0.462 e. The van der Waals surface area contributed by atoms with Gasteiger partial charge in [-0.25, -0.2) is 4.57 Å². The molecule has 0 aliphatic heterocycles. The van der Waals surface area contributed by atoms with Crippen LogP contribution in [0.3, 0.4) is 0 Å². The lowest BCUT2D eigenvalue weighted by Crippen LogP contribution is -2.30. The third kappa shape index (κ3) is 48.0. The van der Waals surface area contributed by atoms with Crippen molar-refractivity contribution in [2.24, 2.45) is 0 Å². The monoisotopic (exact) mass is 977 g/mol. The molecule has 2 N–H and O–H groups in total. The van der Waals surface area contributed by atoms with E-state index in [0.717, 1.165) is 116 Å². The Hall–Kier alpha value is -3.08. The number of ether oxygens (including phenoxy) is 3. The van der Waals surface area contributed by atoms with Gasteiger partial charge in [-0.05, 0) is 103 Å². The van der Waals surface area contributed by atoms with Crippen molar-refractivity contribution in [1.82, 2.24) is 0 Å². The van der Waals surface area contributed by atoms with E-state index < -0.39 is 57.8 Å². The number of rotatable bonds is 49. The highest BCUT2D eigenvalue weighted by atomic mass is 31.2. The molecule has 0 rings (SSSR count). The van der Waals surface area contributed by atoms with Crippen molar-refractivity contribution in [1.29, 1.82) is 0 Å². The predicted octanol–water partition coefficient (Wildman–Crippen LogP) is 15.4. The lowest BCUT2D eigenvalue weighted by Gasteiger charge is -2.21. The maximum absolute atomic E-state index is 12.9. The van der Waals surface area contributed by atoms with Crippen LogP contribution in [0, 0.1) is 0 Å². The van der Waals surface area contributed by atoms with Crippen LogP contribution in [0.25, 0.3) is 0 Å². The second-order valence-electron chi connectivity index (χ2n) is 17.7. The van der Waals surface area contributed by atoms with Crippen LogP contribution in [0.2, 0.25) is 0 Å². The van der Waals surface area contributed by atoms with Crippen molar-refractivity contribution in [3.63, 3.8) is 0 Å². The van der Waals surface area contributed by atoms with Gasteiger partial charge in [0.25, 0.3) is 0 Å². The minimum absolute atomic E-state index is 0.150. The Morgan fingerprint density at radius 1 is 0.426 bits per heavy atom. The molecule has 68 heavy (non-hydrogen) atoms. The van der Waals surface area contributed by atoms with Crippen molar-refractivity contribution >= 4 is 25.7 Å². The minimum atomic E-state index is -4.75. The number of aliphatic hydroxyl groups is 1. The summed E-state index contributed by atoms with van der Waals surface area (Å²) in [5.74, 6) is -1.52. The van der Waals surface area contributed by atoms with Crippen molar-refractivity contribution < 1.29 is 52.2 Å². The van der Waals surface area contributed by atoms with Crippen LogP contribution in [0.5, 0.6) is 0 Å². The first-order valence-corrected chi connectivity index (χ1v) is 28.3. The maximum atomic E-state index is 12.9. The number of unbranched alkanes of at least 4 members (excludes halogenated alkanes) is 20. The molecule has 0 saturated heterocycles. The summed E-state index contributed by atoms with van der Waals surface area (Å²) in [6, 6.07) is 0. The molecule has 0 aromatic carbocycles. The normalized spacial score (nSPS) is 14.0. The first-order chi connectivity index (χ1) is 33.2. The summed E-state index contributed by atoms with van der Waals surface area (Å²) in [7, 11) is -4.75. The second-order valence-corrected chi connectivity index (χ2v) is 19.1. The molecule has 12 heteroatoms. The summed E-state index contributed by atoms with van der Waals surface area (Å²) in [5, 5.41) is 9.77. The number of aliphatic hydroxyl groups excluding tert-OH is 1. The fourth-order valence-corrected chi connectivity index (χ4v) is 7.75. The molecule has 3 unspecified atom stereocenters. The van der Waals surface area contributed by atoms with E-state index in [9.17, 15) is 28.9 Å². The second kappa shape index (κ2) is 50.3. The zero-order valence-corrected chi connectivity index (χ0v) is 43.9. The third-order valence-electron chi connectivity index (χ3n) is 11.1. The Morgan fingerprint density at radius 3 is 1.25 bits per heavy atom. The lowest BCUT2D eigenvalue weighted by atomic mass is 10.1. The van der Waals surface area contributed by atoms with E-state index >= 15 is 0 Å². The summed E-state index contributed by atoms with van der Waals surface area (Å²) >= 11 is 0. The van der Waals surface area contributed by atoms with Gasteiger partial charge in [-0.1, -0.05) is 177 Å². The highest BCUT2D eigenvalue weighted by molar-refractivity contribution is 7.47. The number of hydrogen-bond donors (Lipinski definition) is 2. The Bertz CT molecular complexity index is 1420. The van der Waals surface area contributed by atoms with Crippen LogP contribution in [-0.4, -0.2) is 66.5 Å². The van der Waals surface area contributed by atoms with Crippen molar-refractivity contribution in [2.45, 2.75) is 238 Å². The van der Waals surface area contributed by atoms with Gasteiger partial charge >= 0.3 is 25.7 Å². The first kappa shape index (κ1) is 64.9. The summed E-state index contributed by atoms with van der Waals surface area (Å²) < 4.78 is 39.3. The van der Waals surface area contributed by atoms with E-state index in [0.29, 0.717) is 19.3 Å². The molecule has 0 amide bonds. The van der Waals surface area contributed by atoms with Crippen molar-refractivity contribution in [3.05, 3.63) is 72.9 Å². The van der Waals surface area contributed by atoms with Crippen LogP contribution >= 0.6 is 7.82 Å². The molecule has 392 valence electrons. The largest absolute Gasteiger partial charge is 0.472 e. The zero-order valence-electron chi connectivity index (χ0n) is 43.1. The fraction of sp³-hybridized carbons (Fsp3) is 0.732. The number of carbonyl (C=O) groups is 3. The number of phosphoric ester groups is 1. The van der Waals surface area contributed by atoms with Crippen LogP contribution in [0.1, 0.15) is 226 Å². The molecule has 0 fully saturated rings. The molecule has 0 aliphatic carbocycles. The van der Waals surface area contributed by atoms with E-state index in [1.165, 1.54) is 51.4 Å². The molecular formula is C56H97O11P. The van der Waals surface area contributed by atoms with Gasteiger partial charge in [0.1, 0.15) is 12.7 Å². The number of esters is 3. The SMILES string of the molecule is CC/C=C\C/C=C\C/C=C\CCCCCC(=O)OCC(COP(=O)(O)OCC(CO)OC(=O)CCCCCCC/C=C\CCCC)OC(=O)CCCCCCCCC/C=C\C/C=C\CCCCC. The Morgan fingerprint density at radius 2 is 0.779 bits per heavy atom. The standard InChI is InChI=1S/C56H97O11P/c1-4-7-10-13-16-19-22-24-25-26-27-29-32-35-38-41-44-47-56(60)67-53(49-63-54(58)45-42-39-36-33-31-28-23-20-17-14-11-8-5-2)51-65-68(61,62)64-50-52(48-57)66-55(59)46-43-40-37-34-30-21-18-15-12-9-6-3/h8,11,15-20,24-25,28,31,52-53,57H,4-7,9-10,12-14,21-23,26-27,29-30,32-51H2,1-3H3,(H,61,62)/b11-8-,18-15-,19-16-,20-17-,25-24-,31-28-. The zero-order chi connectivity index (χ0) is 49.9. The number of carbonyl (C=O) groups excluding carboxylic acids is 3. The Labute approximate surface area is 414 Å². The summed E-state index contributed by atoms with van der Waals surface area (Å²) in [6.07, 6.45) is 54.4. The Kier molecular flexibility index (Phi) is 48.0. The molecule has 0 spiro atoms. The highest BCUT2D eigenvalue weighted by Crippen LogP contribution is 2.43. The van der Waals surface area contributed by atoms with E-state index in [1.807, 2.05) is 0 Å². The van der Waals surface area contributed by atoms with Crippen molar-refractivity contribution in [2.75, 3.05) is 26.4 Å². The molecule has 11 nitrogen and oxygen atoms in total. The van der Waals surface area contributed by atoms with Gasteiger partial charge in [-0.15, -0.1) is 0 Å². The molecule has 0 saturated carbocycles. The maximum Gasteiger partial charge on any atom is 0.472 e. The van der Waals surface area contributed by atoms with Gasteiger partial charge in [0.05, 0.1) is 19.8 Å². The van der Waals surface area contributed by atoms with Gasteiger partial charge in [-0.2, -0.15) is 0 Å². The van der Waals surface area contributed by atoms with Crippen LogP contribution in [0.15, 0.2) is 72.9 Å². The average molecular weight is 977 g/mol. The molecular weight excluding hydrogens is 880 g/mol. The van der Waals surface area contributed by atoms with Crippen molar-refractivity contribution in [3.8, 4) is 0 Å². The topological polar surface area (TPSA) is 155 Å². The first-order valence-electron chi connectivity index (χ1n) is 26.8. The van der Waals surface area contributed by atoms with Gasteiger partial charge in [0, 0.05) is 19.3 Å². The van der Waals surface area contributed by atoms with Gasteiger partial charge in [0.15, 0.2) is 6.10 Å². The van der Waals surface area contributed by atoms with Gasteiger partial charge in [-0.3, -0.25) is 23.4 Å². The quantitative estimate of drug-likeness (QED) is 0.0197. The highest BCUT2D eigenvalue weighted by Gasteiger charge is 2.28. The van der Waals surface area contributed by atoms with E-state index in [4.69, 9.17) is 23.3 Å². The van der Waals surface area contributed by atoms with Crippen LogP contribution < -0.4 is 0 Å². The average Bonchev–Trinajstić information content (AvgIpc) is 3.32. The molecule has 0 radical (unpaired) electrons. The molecule has 0 aromatic rings. The number of allylic oxidation sites excluding steroid dienone is 12. The predicted molar refractivity (Wildman–Crippen MR) is 279 cm³/mol. The van der Waals surface area contributed by atoms with Gasteiger partial charge < -0.3 is 24.2 Å². The molecule has 0 bridgehead atoms. The summed E-state index contributed by atoms with van der Waals surface area (Å²) in [5.41, 5.74) is 0. The molecule has 0 aromatic heterocycles. The molecule has 0 aliphatic rings. The fourth-order valence-electron chi connectivity index (χ4n) is 6.97. The van der Waals surface area contributed by atoms with Crippen LogP contribution in [-0.2, 0) is 42.2 Å². The lowest BCUT2D eigenvalue weighted by molar-refractivity contribution is -0.161. The summed E-state index contributed by atoms with van der Waals surface area (Å²) in [6.45, 7) is 4.40. The number of phosphoric acid groups is 1.